The number of para-hydroxylation sites is 2. The van der Waals surface area contributed by atoms with Gasteiger partial charge in [-0.2, -0.15) is 0 Å². The van der Waals surface area contributed by atoms with Gasteiger partial charge in [-0.1, -0.05) is 12.1 Å². The average Bonchev–Trinajstić information content (AvgIpc) is 3.10. The van der Waals surface area contributed by atoms with Crippen molar-refractivity contribution in [2.75, 3.05) is 37.6 Å². The van der Waals surface area contributed by atoms with Crippen molar-refractivity contribution in [2.24, 2.45) is 5.92 Å². The second kappa shape index (κ2) is 8.65. The van der Waals surface area contributed by atoms with Gasteiger partial charge in [0.05, 0.1) is 38.1 Å². The van der Waals surface area contributed by atoms with Crippen LogP contribution in [0, 0.1) is 5.92 Å². The highest BCUT2D eigenvalue weighted by atomic mass is 16.5. The third kappa shape index (κ3) is 4.03. The standard InChI is InChI=1S/C21H24N2O5/c1-4-28-18-8-6-5-7-16(18)22-21(25)14-11-20(24)23(13-14)17-12-15(26-2)9-10-19(17)27-3/h5-10,12,14H,4,11,13H2,1-3H3,(H,22,25). The van der Waals surface area contributed by atoms with Crippen LogP contribution >= 0.6 is 0 Å². The topological polar surface area (TPSA) is 77.1 Å². The molecule has 1 N–H and O–H groups in total. The molecule has 7 heteroatoms. The van der Waals surface area contributed by atoms with E-state index in [2.05, 4.69) is 5.32 Å². The van der Waals surface area contributed by atoms with Crippen LogP contribution in [0.1, 0.15) is 13.3 Å². The first-order chi connectivity index (χ1) is 13.6. The molecule has 2 amide bonds. The minimum atomic E-state index is -0.474. The highest BCUT2D eigenvalue weighted by Crippen LogP contribution is 2.36. The summed E-state index contributed by atoms with van der Waals surface area (Å²) in [5.41, 5.74) is 1.19. The average molecular weight is 384 g/mol. The highest BCUT2D eigenvalue weighted by molar-refractivity contribution is 6.04. The molecular formula is C21H24N2O5. The van der Waals surface area contributed by atoms with Gasteiger partial charge in [-0.05, 0) is 31.2 Å². The van der Waals surface area contributed by atoms with Crippen LogP contribution in [0.4, 0.5) is 11.4 Å². The summed E-state index contributed by atoms with van der Waals surface area (Å²) >= 11 is 0. The molecule has 3 rings (SSSR count). The molecular weight excluding hydrogens is 360 g/mol. The Bertz CT molecular complexity index is 868. The van der Waals surface area contributed by atoms with Gasteiger partial charge in [-0.15, -0.1) is 0 Å². The predicted octanol–water partition coefficient (Wildman–Crippen LogP) is 3.09. The maximum atomic E-state index is 12.8. The number of ether oxygens (including phenoxy) is 3. The number of nitrogens with one attached hydrogen (secondary N) is 1. The molecule has 2 aromatic carbocycles. The molecule has 1 heterocycles. The molecule has 1 saturated heterocycles. The molecule has 28 heavy (non-hydrogen) atoms. The van der Waals surface area contributed by atoms with E-state index in [-0.39, 0.29) is 24.8 Å². The van der Waals surface area contributed by atoms with E-state index in [1.165, 1.54) is 0 Å². The Balaban J connectivity index is 1.77. The lowest BCUT2D eigenvalue weighted by molar-refractivity contribution is -0.122. The number of carbonyl (C=O) groups excluding carboxylic acids is 2. The van der Waals surface area contributed by atoms with Crippen molar-refractivity contribution < 1.29 is 23.8 Å². The number of anilines is 2. The Morgan fingerprint density at radius 2 is 1.93 bits per heavy atom. The van der Waals surface area contributed by atoms with Crippen LogP contribution in [-0.4, -0.2) is 39.2 Å². The van der Waals surface area contributed by atoms with E-state index in [1.54, 1.807) is 49.5 Å². The van der Waals surface area contributed by atoms with E-state index in [1.807, 2.05) is 19.1 Å². The number of benzene rings is 2. The summed E-state index contributed by atoms with van der Waals surface area (Å²) in [7, 11) is 3.10. The number of hydrogen-bond acceptors (Lipinski definition) is 5. The first-order valence-corrected chi connectivity index (χ1v) is 9.12. The van der Waals surface area contributed by atoms with Crippen LogP contribution in [0.3, 0.4) is 0 Å². The molecule has 1 aliphatic rings. The first kappa shape index (κ1) is 19.5. The molecule has 0 aliphatic carbocycles. The maximum Gasteiger partial charge on any atom is 0.229 e. The van der Waals surface area contributed by atoms with Gasteiger partial charge in [0.1, 0.15) is 17.2 Å². The van der Waals surface area contributed by atoms with Crippen molar-refractivity contribution in [3.8, 4) is 17.2 Å². The Labute approximate surface area is 164 Å². The second-order valence-electron chi connectivity index (χ2n) is 6.36. The zero-order chi connectivity index (χ0) is 20.1. The number of rotatable bonds is 7. The maximum absolute atomic E-state index is 12.8. The summed E-state index contributed by atoms with van der Waals surface area (Å²) in [5.74, 6) is 0.945. The predicted molar refractivity (Wildman–Crippen MR) is 106 cm³/mol. The smallest absolute Gasteiger partial charge is 0.229 e. The molecule has 0 bridgehead atoms. The van der Waals surface area contributed by atoms with Gasteiger partial charge in [-0.3, -0.25) is 9.59 Å². The molecule has 0 saturated carbocycles. The van der Waals surface area contributed by atoms with Gasteiger partial charge in [0.15, 0.2) is 0 Å². The van der Waals surface area contributed by atoms with Gasteiger partial charge < -0.3 is 24.4 Å². The van der Waals surface area contributed by atoms with E-state index >= 15 is 0 Å². The van der Waals surface area contributed by atoms with Crippen LogP contribution in [0.5, 0.6) is 17.2 Å². The Morgan fingerprint density at radius 1 is 1.14 bits per heavy atom. The molecule has 148 valence electrons. The molecule has 2 aromatic rings. The SMILES string of the molecule is CCOc1ccccc1NC(=O)C1CC(=O)N(c2cc(OC)ccc2OC)C1. The lowest BCUT2D eigenvalue weighted by Crippen LogP contribution is -2.28. The van der Waals surface area contributed by atoms with Crippen LogP contribution in [0.15, 0.2) is 42.5 Å². The lowest BCUT2D eigenvalue weighted by Gasteiger charge is -2.20. The lowest BCUT2D eigenvalue weighted by atomic mass is 10.1. The highest BCUT2D eigenvalue weighted by Gasteiger charge is 2.36. The van der Waals surface area contributed by atoms with Gasteiger partial charge in [0.2, 0.25) is 11.8 Å². The Kier molecular flexibility index (Phi) is 6.03. The van der Waals surface area contributed by atoms with E-state index < -0.39 is 5.92 Å². The first-order valence-electron chi connectivity index (χ1n) is 9.12. The van der Waals surface area contributed by atoms with E-state index in [4.69, 9.17) is 14.2 Å². The molecule has 1 unspecified atom stereocenters. The van der Waals surface area contributed by atoms with Crippen LogP contribution in [-0.2, 0) is 9.59 Å². The number of carbonyl (C=O) groups is 2. The fourth-order valence-corrected chi connectivity index (χ4v) is 3.21. The van der Waals surface area contributed by atoms with Gasteiger partial charge in [0, 0.05) is 19.0 Å². The zero-order valence-electron chi connectivity index (χ0n) is 16.2. The third-order valence-corrected chi connectivity index (χ3v) is 4.62. The summed E-state index contributed by atoms with van der Waals surface area (Å²) in [6, 6.07) is 12.5. The number of methoxy groups -OCH3 is 2. The summed E-state index contributed by atoms with van der Waals surface area (Å²) in [6.45, 7) is 2.65. The summed E-state index contributed by atoms with van der Waals surface area (Å²) in [4.78, 5) is 26.9. The van der Waals surface area contributed by atoms with Crippen molar-refractivity contribution in [1.82, 2.24) is 0 Å². The minimum absolute atomic E-state index is 0.128. The van der Waals surface area contributed by atoms with Gasteiger partial charge in [-0.25, -0.2) is 0 Å². The van der Waals surface area contributed by atoms with Crippen molar-refractivity contribution in [2.45, 2.75) is 13.3 Å². The quantitative estimate of drug-likeness (QED) is 0.794. The van der Waals surface area contributed by atoms with Crippen molar-refractivity contribution in [3.05, 3.63) is 42.5 Å². The molecule has 1 aliphatic heterocycles. The minimum Gasteiger partial charge on any atom is -0.497 e. The third-order valence-electron chi connectivity index (χ3n) is 4.62. The van der Waals surface area contributed by atoms with E-state index in [0.717, 1.165) is 0 Å². The van der Waals surface area contributed by atoms with Crippen molar-refractivity contribution >= 4 is 23.2 Å². The molecule has 1 fully saturated rings. The van der Waals surface area contributed by atoms with Crippen molar-refractivity contribution in [1.29, 1.82) is 0 Å². The zero-order valence-corrected chi connectivity index (χ0v) is 16.2. The van der Waals surface area contributed by atoms with Crippen LogP contribution in [0.2, 0.25) is 0 Å². The molecule has 1 atom stereocenters. The number of nitrogens with zero attached hydrogens (tertiary/aromatic N) is 1. The normalized spacial score (nSPS) is 16.0. The van der Waals surface area contributed by atoms with Crippen LogP contribution in [0.25, 0.3) is 0 Å². The fourth-order valence-electron chi connectivity index (χ4n) is 3.21. The largest absolute Gasteiger partial charge is 0.497 e. The van der Waals surface area contributed by atoms with Crippen LogP contribution < -0.4 is 24.4 Å². The van der Waals surface area contributed by atoms with Gasteiger partial charge in [0.25, 0.3) is 0 Å². The molecule has 7 nitrogen and oxygen atoms in total. The number of amides is 2. The second-order valence-corrected chi connectivity index (χ2v) is 6.36. The summed E-state index contributed by atoms with van der Waals surface area (Å²) in [5, 5.41) is 2.88. The Hall–Kier alpha value is -3.22. The summed E-state index contributed by atoms with van der Waals surface area (Å²) in [6.07, 6.45) is 0.128. The van der Waals surface area contributed by atoms with Gasteiger partial charge >= 0.3 is 0 Å². The van der Waals surface area contributed by atoms with E-state index in [0.29, 0.717) is 35.2 Å². The van der Waals surface area contributed by atoms with E-state index in [9.17, 15) is 9.59 Å². The molecule has 0 aromatic heterocycles. The molecule has 0 spiro atoms. The summed E-state index contributed by atoms with van der Waals surface area (Å²) < 4.78 is 16.2. The fraction of sp³-hybridized carbons (Fsp3) is 0.333. The number of hydrogen-bond donors (Lipinski definition) is 1. The Morgan fingerprint density at radius 3 is 2.64 bits per heavy atom. The van der Waals surface area contributed by atoms with Crippen molar-refractivity contribution in [3.63, 3.8) is 0 Å². The monoisotopic (exact) mass is 384 g/mol. The molecule has 0 radical (unpaired) electrons.